The fourth-order valence-corrected chi connectivity index (χ4v) is 3.11. The minimum atomic E-state index is -0.489. The summed E-state index contributed by atoms with van der Waals surface area (Å²) >= 11 is 0. The van der Waals surface area contributed by atoms with Crippen LogP contribution in [0.2, 0.25) is 0 Å². The van der Waals surface area contributed by atoms with Crippen LogP contribution < -0.4 is 14.2 Å². The molecule has 1 aliphatic rings. The van der Waals surface area contributed by atoms with E-state index in [0.29, 0.717) is 30.6 Å². The van der Waals surface area contributed by atoms with Crippen molar-refractivity contribution < 1.29 is 23.7 Å². The van der Waals surface area contributed by atoms with Crippen LogP contribution in [0.4, 0.5) is 0 Å². The molecule has 3 aromatic rings. The van der Waals surface area contributed by atoms with Gasteiger partial charge in [0.25, 0.3) is 0 Å². The number of nitrogens with zero attached hydrogens (tertiary/aromatic N) is 1. The van der Waals surface area contributed by atoms with Crippen molar-refractivity contribution in [3.05, 3.63) is 95.2 Å². The van der Waals surface area contributed by atoms with Gasteiger partial charge in [-0.15, -0.1) is 0 Å². The molecule has 0 aliphatic carbocycles. The summed E-state index contributed by atoms with van der Waals surface area (Å²) < 4.78 is 22.2. The molecule has 32 heavy (non-hydrogen) atoms. The Bertz CT molecular complexity index is 1150. The summed E-state index contributed by atoms with van der Waals surface area (Å²) in [6.45, 7) is 2.80. The number of rotatable bonds is 8. The van der Waals surface area contributed by atoms with Crippen molar-refractivity contribution in [2.45, 2.75) is 6.92 Å². The summed E-state index contributed by atoms with van der Waals surface area (Å²) in [5, 5.41) is 0. The Morgan fingerprint density at radius 2 is 1.66 bits per heavy atom. The Morgan fingerprint density at radius 3 is 2.41 bits per heavy atom. The van der Waals surface area contributed by atoms with Gasteiger partial charge in [-0.1, -0.05) is 42.0 Å². The molecule has 6 nitrogen and oxygen atoms in total. The first-order valence-corrected chi connectivity index (χ1v) is 10.2. The smallest absolute Gasteiger partial charge is 0.363 e. The molecule has 162 valence electrons. The van der Waals surface area contributed by atoms with E-state index in [-0.39, 0.29) is 5.70 Å². The number of hydrogen-bond acceptors (Lipinski definition) is 6. The monoisotopic (exact) mass is 429 g/mol. The van der Waals surface area contributed by atoms with Crippen molar-refractivity contribution in [1.29, 1.82) is 0 Å². The van der Waals surface area contributed by atoms with Gasteiger partial charge in [0.05, 0.1) is 7.11 Å². The van der Waals surface area contributed by atoms with Crippen molar-refractivity contribution in [3.8, 4) is 17.2 Å². The maximum Gasteiger partial charge on any atom is 0.363 e. The Balaban J connectivity index is 1.41. The van der Waals surface area contributed by atoms with E-state index in [2.05, 4.69) is 4.99 Å². The topological polar surface area (TPSA) is 66.4 Å². The van der Waals surface area contributed by atoms with Crippen LogP contribution in [-0.4, -0.2) is 32.2 Å². The van der Waals surface area contributed by atoms with E-state index in [0.717, 1.165) is 16.9 Å². The molecule has 0 amide bonds. The van der Waals surface area contributed by atoms with Gasteiger partial charge < -0.3 is 18.9 Å². The Hall–Kier alpha value is -4.06. The van der Waals surface area contributed by atoms with E-state index >= 15 is 0 Å². The van der Waals surface area contributed by atoms with E-state index in [1.54, 1.807) is 25.3 Å². The van der Waals surface area contributed by atoms with Crippen molar-refractivity contribution in [1.82, 2.24) is 0 Å². The number of aryl methyl sites for hydroxylation is 1. The lowest BCUT2D eigenvalue weighted by atomic mass is 10.1. The molecule has 0 unspecified atom stereocenters. The Kier molecular flexibility index (Phi) is 6.51. The van der Waals surface area contributed by atoms with Gasteiger partial charge in [0.15, 0.2) is 17.2 Å². The second-order valence-electron chi connectivity index (χ2n) is 7.12. The van der Waals surface area contributed by atoms with Gasteiger partial charge in [-0.25, -0.2) is 9.79 Å². The van der Waals surface area contributed by atoms with Gasteiger partial charge in [-0.05, 0) is 55.0 Å². The van der Waals surface area contributed by atoms with E-state index in [1.807, 2.05) is 67.6 Å². The molecule has 0 saturated carbocycles. The molecule has 0 fully saturated rings. The number of carbonyl (C=O) groups excluding carboxylic acids is 1. The normalized spacial score (nSPS) is 14.1. The molecule has 0 spiro atoms. The zero-order chi connectivity index (χ0) is 22.3. The van der Waals surface area contributed by atoms with Crippen molar-refractivity contribution >= 4 is 17.9 Å². The van der Waals surface area contributed by atoms with Crippen LogP contribution in [0.3, 0.4) is 0 Å². The predicted octanol–water partition coefficient (Wildman–Crippen LogP) is 4.81. The van der Waals surface area contributed by atoms with Gasteiger partial charge in [-0.2, -0.15) is 0 Å². The quantitative estimate of drug-likeness (QED) is 0.292. The van der Waals surface area contributed by atoms with Gasteiger partial charge in [-0.3, -0.25) is 0 Å². The molecule has 0 atom stereocenters. The fraction of sp³-hybridized carbons (Fsp3) is 0.154. The second kappa shape index (κ2) is 9.83. The van der Waals surface area contributed by atoms with Crippen LogP contribution in [-0.2, 0) is 9.53 Å². The van der Waals surface area contributed by atoms with Crippen molar-refractivity contribution in [3.63, 3.8) is 0 Å². The first-order chi connectivity index (χ1) is 15.6. The summed E-state index contributed by atoms with van der Waals surface area (Å²) in [5.74, 6) is 1.74. The Morgan fingerprint density at radius 1 is 0.906 bits per heavy atom. The minimum Gasteiger partial charge on any atom is -0.493 e. The highest BCUT2D eigenvalue weighted by molar-refractivity contribution is 6.12. The maximum absolute atomic E-state index is 12.2. The van der Waals surface area contributed by atoms with Crippen LogP contribution in [0.25, 0.3) is 6.08 Å². The molecular weight excluding hydrogens is 406 g/mol. The predicted molar refractivity (Wildman–Crippen MR) is 122 cm³/mol. The average Bonchev–Trinajstić information content (AvgIpc) is 3.19. The lowest BCUT2D eigenvalue weighted by Crippen LogP contribution is -2.09. The van der Waals surface area contributed by atoms with E-state index in [4.69, 9.17) is 18.9 Å². The average molecular weight is 429 g/mol. The highest BCUT2D eigenvalue weighted by Crippen LogP contribution is 2.30. The van der Waals surface area contributed by atoms with Gasteiger partial charge in [0, 0.05) is 5.56 Å². The Labute approximate surface area is 186 Å². The number of aliphatic imine (C=N–C) groups is 1. The van der Waals surface area contributed by atoms with Gasteiger partial charge in [0.2, 0.25) is 5.90 Å². The highest BCUT2D eigenvalue weighted by Gasteiger charge is 2.24. The zero-order valence-corrected chi connectivity index (χ0v) is 17.9. The summed E-state index contributed by atoms with van der Waals surface area (Å²) in [6.07, 6.45) is 1.66. The molecule has 6 heteroatoms. The molecule has 4 rings (SSSR count). The number of cyclic esters (lactones) is 1. The number of ether oxygens (including phenoxy) is 4. The molecule has 1 heterocycles. The number of carbonyl (C=O) groups is 1. The van der Waals surface area contributed by atoms with Crippen LogP contribution in [0.1, 0.15) is 16.7 Å². The van der Waals surface area contributed by atoms with Crippen LogP contribution in [0.5, 0.6) is 17.2 Å². The molecule has 0 bridgehead atoms. The fourth-order valence-electron chi connectivity index (χ4n) is 3.11. The standard InChI is InChI=1S/C26H23NO5/c1-18-8-11-21(12-9-18)30-14-15-31-23-13-10-19(17-24(23)29-2)16-22-26(28)32-25(27-22)20-6-4-3-5-7-20/h3-13,16-17H,14-15H2,1-2H3/b22-16+. The molecular formula is C26H23NO5. The minimum absolute atomic E-state index is 0.228. The summed E-state index contributed by atoms with van der Waals surface area (Å²) in [6, 6.07) is 22.6. The lowest BCUT2D eigenvalue weighted by Gasteiger charge is -2.12. The van der Waals surface area contributed by atoms with Gasteiger partial charge in [0.1, 0.15) is 19.0 Å². The largest absolute Gasteiger partial charge is 0.493 e. The van der Waals surface area contributed by atoms with Gasteiger partial charge >= 0.3 is 5.97 Å². The van der Waals surface area contributed by atoms with Crippen LogP contribution >= 0.6 is 0 Å². The summed E-state index contributed by atoms with van der Waals surface area (Å²) in [5.41, 5.74) is 2.90. The molecule has 0 radical (unpaired) electrons. The molecule has 3 aromatic carbocycles. The molecule has 0 N–H and O–H groups in total. The van der Waals surface area contributed by atoms with Crippen LogP contribution in [0.15, 0.2) is 83.5 Å². The van der Waals surface area contributed by atoms with Crippen molar-refractivity contribution in [2.75, 3.05) is 20.3 Å². The number of hydrogen-bond donors (Lipinski definition) is 0. The summed E-state index contributed by atoms with van der Waals surface area (Å²) in [7, 11) is 1.57. The van der Waals surface area contributed by atoms with Crippen LogP contribution in [0, 0.1) is 6.92 Å². The summed E-state index contributed by atoms with van der Waals surface area (Å²) in [4.78, 5) is 16.5. The third-order valence-corrected chi connectivity index (χ3v) is 4.76. The number of esters is 1. The number of benzene rings is 3. The SMILES string of the molecule is COc1cc(/C=C2/N=C(c3ccccc3)OC2=O)ccc1OCCOc1ccc(C)cc1. The first-order valence-electron chi connectivity index (χ1n) is 10.2. The van der Waals surface area contributed by atoms with Crippen molar-refractivity contribution in [2.24, 2.45) is 4.99 Å². The first kappa shape index (κ1) is 21.2. The lowest BCUT2D eigenvalue weighted by molar-refractivity contribution is -0.129. The molecule has 0 saturated heterocycles. The molecule has 0 aromatic heterocycles. The zero-order valence-electron chi connectivity index (χ0n) is 17.9. The van der Waals surface area contributed by atoms with E-state index in [1.165, 1.54) is 5.56 Å². The van der Waals surface area contributed by atoms with E-state index < -0.39 is 5.97 Å². The third-order valence-electron chi connectivity index (χ3n) is 4.76. The number of methoxy groups -OCH3 is 1. The maximum atomic E-state index is 12.2. The highest BCUT2D eigenvalue weighted by atomic mass is 16.6. The molecule has 1 aliphatic heterocycles. The second-order valence-corrected chi connectivity index (χ2v) is 7.12. The third kappa shape index (κ3) is 5.16. The van der Waals surface area contributed by atoms with E-state index in [9.17, 15) is 4.79 Å².